The van der Waals surface area contributed by atoms with E-state index in [0.29, 0.717) is 17.3 Å². The van der Waals surface area contributed by atoms with E-state index in [1.807, 2.05) is 26.0 Å². The molecule has 0 unspecified atom stereocenters. The largest absolute Gasteiger partial charge is 0.324 e. The molecule has 0 radical (unpaired) electrons. The molecule has 4 heterocycles. The molecule has 2 aromatic carbocycles. The predicted octanol–water partition coefficient (Wildman–Crippen LogP) is 4.04. The van der Waals surface area contributed by atoms with Crippen LogP contribution < -0.4 is 10.2 Å². The Balaban J connectivity index is 1.58. The number of imide groups is 1. The van der Waals surface area contributed by atoms with Crippen molar-refractivity contribution in [3.8, 4) is 0 Å². The lowest BCUT2D eigenvalue weighted by Crippen LogP contribution is -2.54. The Morgan fingerprint density at radius 2 is 1.84 bits per heavy atom. The monoisotopic (exact) mass is 469 g/mol. The molecule has 1 N–H and O–H groups in total. The van der Waals surface area contributed by atoms with Crippen LogP contribution in [0.25, 0.3) is 0 Å². The number of benzene rings is 2. The fourth-order valence-corrected chi connectivity index (χ4v) is 7.05. The summed E-state index contributed by atoms with van der Waals surface area (Å²) in [4.78, 5) is 44.7. The van der Waals surface area contributed by atoms with Gasteiger partial charge in [0.15, 0.2) is 0 Å². The minimum Gasteiger partial charge on any atom is -0.324 e. The molecule has 4 atom stereocenters. The van der Waals surface area contributed by atoms with Gasteiger partial charge in [0, 0.05) is 22.3 Å². The first kappa shape index (κ1) is 20.2. The maximum absolute atomic E-state index is 14.0. The van der Waals surface area contributed by atoms with Gasteiger partial charge in [-0.1, -0.05) is 40.9 Å². The predicted molar refractivity (Wildman–Crippen MR) is 122 cm³/mol. The van der Waals surface area contributed by atoms with Crippen LogP contribution in [0.5, 0.6) is 0 Å². The van der Waals surface area contributed by atoms with Crippen LogP contribution in [-0.4, -0.2) is 35.2 Å². The number of nitrogens with zero attached hydrogens (tertiary/aromatic N) is 2. The number of carbonyl (C=O) groups is 3. The lowest BCUT2D eigenvalue weighted by atomic mass is 9.75. The lowest BCUT2D eigenvalue weighted by Gasteiger charge is -2.37. The van der Waals surface area contributed by atoms with Crippen molar-refractivity contribution in [2.24, 2.45) is 11.8 Å². The minimum atomic E-state index is -1.18. The summed E-state index contributed by atoms with van der Waals surface area (Å²) in [6.45, 7) is 4.62. The highest BCUT2D eigenvalue weighted by Gasteiger charge is 2.74. The highest BCUT2D eigenvalue weighted by molar-refractivity contribution is 6.38. The smallest absolute Gasteiger partial charge is 0.250 e. The number of amides is 3. The van der Waals surface area contributed by atoms with Crippen LogP contribution >= 0.6 is 23.2 Å². The van der Waals surface area contributed by atoms with Crippen LogP contribution in [0.4, 0.5) is 11.4 Å². The van der Waals surface area contributed by atoms with Gasteiger partial charge in [-0.3, -0.25) is 19.3 Å². The number of rotatable bonds is 1. The number of hydrogen-bond donors (Lipinski definition) is 1. The molecule has 3 saturated heterocycles. The molecule has 164 valence electrons. The van der Waals surface area contributed by atoms with E-state index < -0.39 is 17.4 Å². The molecule has 0 saturated carbocycles. The van der Waals surface area contributed by atoms with Crippen LogP contribution in [0.2, 0.25) is 10.0 Å². The van der Waals surface area contributed by atoms with E-state index in [4.69, 9.17) is 23.2 Å². The SMILES string of the molecule is Cc1cc(C)c2c(c1)[C@@]1(C(=O)N2)[C@H]2C(=O)N(c3ccc(Cl)cc3Cl)C(=O)[C@@H]2[C@H]2CCCN21. The van der Waals surface area contributed by atoms with Crippen molar-refractivity contribution >= 4 is 52.3 Å². The lowest BCUT2D eigenvalue weighted by molar-refractivity contribution is -0.135. The third kappa shape index (κ3) is 2.28. The number of aryl methyl sites for hydroxylation is 2. The number of halogens is 2. The van der Waals surface area contributed by atoms with Crippen molar-refractivity contribution in [1.29, 1.82) is 0 Å². The van der Waals surface area contributed by atoms with E-state index in [0.717, 1.165) is 35.2 Å². The fourth-order valence-electron chi connectivity index (χ4n) is 6.56. The van der Waals surface area contributed by atoms with Gasteiger partial charge in [-0.15, -0.1) is 0 Å². The zero-order valence-corrected chi connectivity index (χ0v) is 19.1. The van der Waals surface area contributed by atoms with Crippen LogP contribution in [0.3, 0.4) is 0 Å². The molecule has 6 rings (SSSR count). The average molecular weight is 470 g/mol. The molecule has 3 amide bonds. The van der Waals surface area contributed by atoms with Gasteiger partial charge in [-0.05, 0) is 57.0 Å². The molecule has 2 aromatic rings. The van der Waals surface area contributed by atoms with E-state index >= 15 is 0 Å². The summed E-state index contributed by atoms with van der Waals surface area (Å²) in [6.07, 6.45) is 1.66. The summed E-state index contributed by atoms with van der Waals surface area (Å²) in [5.74, 6) is -2.26. The van der Waals surface area contributed by atoms with E-state index in [9.17, 15) is 14.4 Å². The van der Waals surface area contributed by atoms with Gasteiger partial charge in [0.2, 0.25) is 17.7 Å². The molecule has 4 aliphatic rings. The zero-order chi connectivity index (χ0) is 22.5. The third-order valence-corrected chi connectivity index (χ3v) is 8.13. The summed E-state index contributed by atoms with van der Waals surface area (Å²) in [5.41, 5.74) is 2.68. The van der Waals surface area contributed by atoms with Crippen molar-refractivity contribution in [3.05, 3.63) is 57.1 Å². The Kier molecular flexibility index (Phi) is 4.15. The summed E-state index contributed by atoms with van der Waals surface area (Å²) in [6, 6.07) is 8.58. The zero-order valence-electron chi connectivity index (χ0n) is 17.6. The van der Waals surface area contributed by atoms with E-state index in [1.54, 1.807) is 12.1 Å². The Hall–Kier alpha value is -2.41. The molecule has 0 aliphatic carbocycles. The van der Waals surface area contributed by atoms with Crippen molar-refractivity contribution in [1.82, 2.24) is 4.90 Å². The van der Waals surface area contributed by atoms with Gasteiger partial charge >= 0.3 is 0 Å². The molecule has 1 spiro atoms. The Labute approximate surface area is 195 Å². The van der Waals surface area contributed by atoms with Gasteiger partial charge in [-0.25, -0.2) is 4.90 Å². The van der Waals surface area contributed by atoms with Crippen molar-refractivity contribution < 1.29 is 14.4 Å². The first-order chi connectivity index (χ1) is 15.3. The summed E-state index contributed by atoms with van der Waals surface area (Å²) >= 11 is 12.4. The quantitative estimate of drug-likeness (QED) is 0.639. The van der Waals surface area contributed by atoms with Gasteiger partial charge in [-0.2, -0.15) is 0 Å². The third-order valence-electron chi connectivity index (χ3n) is 7.59. The second-order valence-corrected chi connectivity index (χ2v) is 10.1. The van der Waals surface area contributed by atoms with Gasteiger partial charge in [0.25, 0.3) is 0 Å². The highest BCUT2D eigenvalue weighted by Crippen LogP contribution is 2.61. The number of nitrogens with one attached hydrogen (secondary N) is 1. The normalized spacial score (nSPS) is 30.8. The molecule has 6 nitrogen and oxygen atoms in total. The molecule has 4 aliphatic heterocycles. The first-order valence-electron chi connectivity index (χ1n) is 10.8. The minimum absolute atomic E-state index is 0.162. The molecule has 3 fully saturated rings. The summed E-state index contributed by atoms with van der Waals surface area (Å²) < 4.78 is 0. The summed E-state index contributed by atoms with van der Waals surface area (Å²) in [5, 5.41) is 3.71. The number of hydrogen-bond acceptors (Lipinski definition) is 4. The standard InChI is InChI=1S/C24H21Cl2N3O3/c1-11-8-12(2)20-14(9-11)24(23(32)27-20)19-18(17-4-3-7-28(17)24)21(30)29(22(19)31)16-6-5-13(25)10-15(16)26/h5-6,8-10,17-19H,3-4,7H2,1-2H3,(H,27,32)/t17-,18-,19-,24+/m1/s1. The Morgan fingerprint density at radius 3 is 2.59 bits per heavy atom. The number of fused-ring (bicyclic) bond motifs is 7. The van der Waals surface area contributed by atoms with Crippen LogP contribution in [0.15, 0.2) is 30.3 Å². The maximum atomic E-state index is 14.0. The number of carbonyl (C=O) groups excluding carboxylic acids is 3. The highest BCUT2D eigenvalue weighted by atomic mass is 35.5. The Bertz CT molecular complexity index is 1250. The maximum Gasteiger partial charge on any atom is 0.250 e. The second-order valence-electron chi connectivity index (χ2n) is 9.24. The molecule has 32 heavy (non-hydrogen) atoms. The summed E-state index contributed by atoms with van der Waals surface area (Å²) in [7, 11) is 0. The van der Waals surface area contributed by atoms with Crippen LogP contribution in [-0.2, 0) is 19.9 Å². The van der Waals surface area contributed by atoms with E-state index in [2.05, 4.69) is 10.2 Å². The van der Waals surface area contributed by atoms with Gasteiger partial charge < -0.3 is 5.32 Å². The van der Waals surface area contributed by atoms with Crippen molar-refractivity contribution in [3.63, 3.8) is 0 Å². The average Bonchev–Trinajstić information content (AvgIpc) is 3.42. The van der Waals surface area contributed by atoms with Gasteiger partial charge in [0.05, 0.1) is 22.5 Å². The molecular weight excluding hydrogens is 449 g/mol. The molecule has 0 aromatic heterocycles. The van der Waals surface area contributed by atoms with Gasteiger partial charge in [0.1, 0.15) is 5.54 Å². The molecule has 8 heteroatoms. The molecular formula is C24H21Cl2N3O3. The van der Waals surface area contributed by atoms with Crippen molar-refractivity contribution in [2.45, 2.75) is 38.3 Å². The fraction of sp³-hybridized carbons (Fsp3) is 0.375. The first-order valence-corrected chi connectivity index (χ1v) is 11.5. The topological polar surface area (TPSA) is 69.7 Å². The van der Waals surface area contributed by atoms with Crippen LogP contribution in [0.1, 0.15) is 29.5 Å². The van der Waals surface area contributed by atoms with E-state index in [1.165, 1.54) is 11.0 Å². The number of anilines is 2. The van der Waals surface area contributed by atoms with Crippen LogP contribution in [0, 0.1) is 25.7 Å². The second kappa shape index (κ2) is 6.56. The Morgan fingerprint density at radius 1 is 1.06 bits per heavy atom. The van der Waals surface area contributed by atoms with E-state index in [-0.39, 0.29) is 28.8 Å². The van der Waals surface area contributed by atoms with Crippen molar-refractivity contribution in [2.75, 3.05) is 16.8 Å². The molecule has 0 bridgehead atoms.